The molecule has 0 radical (unpaired) electrons. The molecule has 1 unspecified atom stereocenters. The van der Waals surface area contributed by atoms with E-state index in [0.29, 0.717) is 5.92 Å². The first-order valence-electron chi connectivity index (χ1n) is 4.62. The van der Waals surface area contributed by atoms with Crippen LogP contribution in [0.15, 0.2) is 36.4 Å². The minimum absolute atomic E-state index is 0.460. The van der Waals surface area contributed by atoms with Crippen molar-refractivity contribution in [2.24, 2.45) is 0 Å². The van der Waals surface area contributed by atoms with E-state index >= 15 is 0 Å². The van der Waals surface area contributed by atoms with E-state index in [1.807, 2.05) is 24.3 Å². The number of allylic oxidation sites excluding steroid dienone is 2. The lowest BCUT2D eigenvalue weighted by atomic mass is 9.94. The molecule has 0 saturated heterocycles. The molecule has 2 rings (SSSR count). The van der Waals surface area contributed by atoms with Gasteiger partial charge in [-0.2, -0.15) is 0 Å². The third kappa shape index (κ3) is 1.55. The first-order chi connectivity index (χ1) is 6.42. The van der Waals surface area contributed by atoms with Crippen LogP contribution in [0.25, 0.3) is 0 Å². The van der Waals surface area contributed by atoms with Crippen LogP contribution in [0, 0.1) is 0 Å². The molecule has 0 spiro atoms. The first kappa shape index (κ1) is 8.24. The molecule has 1 atom stereocenters. The SMILES string of the molecule is O=Cc1ccccc1C1C=CCC1. The maximum atomic E-state index is 10.8. The molecule has 0 N–H and O–H groups in total. The lowest BCUT2D eigenvalue weighted by Crippen LogP contribution is -1.96. The molecule has 1 nitrogen and oxygen atoms in total. The fourth-order valence-corrected chi connectivity index (χ4v) is 1.85. The van der Waals surface area contributed by atoms with Gasteiger partial charge in [0, 0.05) is 11.5 Å². The Bertz CT molecular complexity index is 339. The summed E-state index contributed by atoms with van der Waals surface area (Å²) in [7, 11) is 0. The van der Waals surface area contributed by atoms with Gasteiger partial charge >= 0.3 is 0 Å². The molecule has 0 aromatic heterocycles. The number of hydrogen-bond donors (Lipinski definition) is 0. The van der Waals surface area contributed by atoms with Gasteiger partial charge in [-0.15, -0.1) is 0 Å². The fraction of sp³-hybridized carbons (Fsp3) is 0.250. The zero-order valence-corrected chi connectivity index (χ0v) is 7.44. The fourth-order valence-electron chi connectivity index (χ4n) is 1.85. The van der Waals surface area contributed by atoms with Gasteiger partial charge in [-0.1, -0.05) is 36.4 Å². The summed E-state index contributed by atoms with van der Waals surface area (Å²) in [5, 5.41) is 0. The minimum Gasteiger partial charge on any atom is -0.298 e. The van der Waals surface area contributed by atoms with Gasteiger partial charge in [0.2, 0.25) is 0 Å². The first-order valence-corrected chi connectivity index (χ1v) is 4.62. The largest absolute Gasteiger partial charge is 0.298 e. The molecule has 1 heteroatoms. The molecule has 0 fully saturated rings. The summed E-state index contributed by atoms with van der Waals surface area (Å²) in [4.78, 5) is 10.8. The van der Waals surface area contributed by atoms with Gasteiger partial charge in [0.15, 0.2) is 0 Å². The summed E-state index contributed by atoms with van der Waals surface area (Å²) in [5.41, 5.74) is 2.00. The average Bonchev–Trinajstić information content (AvgIpc) is 2.70. The summed E-state index contributed by atoms with van der Waals surface area (Å²) >= 11 is 0. The van der Waals surface area contributed by atoms with Crippen molar-refractivity contribution < 1.29 is 4.79 Å². The highest BCUT2D eigenvalue weighted by Crippen LogP contribution is 2.29. The van der Waals surface area contributed by atoms with E-state index in [1.165, 1.54) is 5.56 Å². The lowest BCUT2D eigenvalue weighted by Gasteiger charge is -2.09. The molecular weight excluding hydrogens is 160 g/mol. The van der Waals surface area contributed by atoms with E-state index in [0.717, 1.165) is 24.7 Å². The number of rotatable bonds is 2. The highest BCUT2D eigenvalue weighted by atomic mass is 16.1. The van der Waals surface area contributed by atoms with Crippen molar-refractivity contribution in [1.29, 1.82) is 0 Å². The Morgan fingerprint density at radius 2 is 2.15 bits per heavy atom. The molecule has 0 saturated carbocycles. The molecule has 0 heterocycles. The van der Waals surface area contributed by atoms with E-state index < -0.39 is 0 Å². The van der Waals surface area contributed by atoms with Crippen LogP contribution in [0.1, 0.15) is 34.7 Å². The second-order valence-corrected chi connectivity index (χ2v) is 3.36. The predicted molar refractivity (Wildman–Crippen MR) is 52.9 cm³/mol. The number of carbonyl (C=O) groups excluding carboxylic acids is 1. The zero-order valence-electron chi connectivity index (χ0n) is 7.44. The molecule has 66 valence electrons. The number of aldehydes is 1. The van der Waals surface area contributed by atoms with Crippen LogP contribution in [0.5, 0.6) is 0 Å². The smallest absolute Gasteiger partial charge is 0.150 e. The van der Waals surface area contributed by atoms with Gasteiger partial charge in [0.1, 0.15) is 6.29 Å². The second-order valence-electron chi connectivity index (χ2n) is 3.36. The van der Waals surface area contributed by atoms with Crippen LogP contribution >= 0.6 is 0 Å². The van der Waals surface area contributed by atoms with Crippen LogP contribution in [0.2, 0.25) is 0 Å². The normalized spacial score (nSPS) is 20.5. The molecule has 0 aliphatic heterocycles. The topological polar surface area (TPSA) is 17.1 Å². The van der Waals surface area contributed by atoms with E-state index in [1.54, 1.807) is 0 Å². The summed E-state index contributed by atoms with van der Waals surface area (Å²) < 4.78 is 0. The van der Waals surface area contributed by atoms with Crippen molar-refractivity contribution in [3.05, 3.63) is 47.5 Å². The molecule has 0 bridgehead atoms. The maximum Gasteiger partial charge on any atom is 0.150 e. The monoisotopic (exact) mass is 172 g/mol. The van der Waals surface area contributed by atoms with Gasteiger partial charge in [-0.05, 0) is 18.4 Å². The van der Waals surface area contributed by atoms with Crippen molar-refractivity contribution in [1.82, 2.24) is 0 Å². The van der Waals surface area contributed by atoms with E-state index in [9.17, 15) is 4.79 Å². The van der Waals surface area contributed by atoms with Gasteiger partial charge < -0.3 is 0 Å². The van der Waals surface area contributed by atoms with Crippen LogP contribution in [0.3, 0.4) is 0 Å². The van der Waals surface area contributed by atoms with Crippen molar-refractivity contribution in [2.75, 3.05) is 0 Å². The third-order valence-electron chi connectivity index (χ3n) is 2.54. The van der Waals surface area contributed by atoms with E-state index in [-0.39, 0.29) is 0 Å². The molecule has 0 amide bonds. The van der Waals surface area contributed by atoms with Crippen LogP contribution in [-0.4, -0.2) is 6.29 Å². The molecule has 13 heavy (non-hydrogen) atoms. The Labute approximate surface area is 78.1 Å². The van der Waals surface area contributed by atoms with Crippen molar-refractivity contribution >= 4 is 6.29 Å². The quantitative estimate of drug-likeness (QED) is 0.495. The summed E-state index contributed by atoms with van der Waals surface area (Å²) in [6, 6.07) is 7.83. The summed E-state index contributed by atoms with van der Waals surface area (Å²) in [6.07, 6.45) is 7.61. The zero-order chi connectivity index (χ0) is 9.10. The van der Waals surface area contributed by atoms with Gasteiger partial charge in [-0.25, -0.2) is 0 Å². The number of hydrogen-bond acceptors (Lipinski definition) is 1. The van der Waals surface area contributed by atoms with Gasteiger partial charge in [0.05, 0.1) is 0 Å². The van der Waals surface area contributed by atoms with Crippen LogP contribution in [-0.2, 0) is 0 Å². The Kier molecular flexibility index (Phi) is 2.26. The maximum absolute atomic E-state index is 10.8. The Morgan fingerprint density at radius 1 is 1.31 bits per heavy atom. The Morgan fingerprint density at radius 3 is 2.85 bits per heavy atom. The molecular formula is C12H12O. The Balaban J connectivity index is 2.37. The van der Waals surface area contributed by atoms with Crippen LogP contribution in [0.4, 0.5) is 0 Å². The van der Waals surface area contributed by atoms with Crippen molar-refractivity contribution in [3.8, 4) is 0 Å². The highest BCUT2D eigenvalue weighted by Gasteiger charge is 2.14. The average molecular weight is 172 g/mol. The van der Waals surface area contributed by atoms with Gasteiger partial charge in [0.25, 0.3) is 0 Å². The highest BCUT2D eigenvalue weighted by molar-refractivity contribution is 5.77. The molecule has 1 aliphatic rings. The number of benzene rings is 1. The van der Waals surface area contributed by atoms with Crippen molar-refractivity contribution in [2.45, 2.75) is 18.8 Å². The van der Waals surface area contributed by atoms with E-state index in [2.05, 4.69) is 12.2 Å². The minimum atomic E-state index is 0.460. The van der Waals surface area contributed by atoms with Crippen molar-refractivity contribution in [3.63, 3.8) is 0 Å². The lowest BCUT2D eigenvalue weighted by molar-refractivity contribution is 0.112. The second kappa shape index (κ2) is 3.56. The standard InChI is InChI=1S/C12H12O/c13-9-11-7-3-4-8-12(11)10-5-1-2-6-10/h1,3-5,7-10H,2,6H2. The van der Waals surface area contributed by atoms with Crippen LogP contribution < -0.4 is 0 Å². The predicted octanol–water partition coefficient (Wildman–Crippen LogP) is 2.93. The third-order valence-corrected chi connectivity index (χ3v) is 2.54. The summed E-state index contributed by atoms with van der Waals surface area (Å²) in [5.74, 6) is 0.460. The molecule has 1 aromatic rings. The number of carbonyl (C=O) groups is 1. The Hall–Kier alpha value is -1.37. The molecule has 1 aromatic carbocycles. The summed E-state index contributed by atoms with van der Waals surface area (Å²) in [6.45, 7) is 0. The van der Waals surface area contributed by atoms with Gasteiger partial charge in [-0.3, -0.25) is 4.79 Å². The van der Waals surface area contributed by atoms with E-state index in [4.69, 9.17) is 0 Å². The molecule has 1 aliphatic carbocycles.